The molecule has 1 rings (SSSR count). The molecule has 0 aliphatic rings. The first-order valence-electron chi connectivity index (χ1n) is 3.15. The summed E-state index contributed by atoms with van der Waals surface area (Å²) in [6.45, 7) is -0.251. The second-order valence-corrected chi connectivity index (χ2v) is 2.01. The topological polar surface area (TPSA) is 98.1 Å². The van der Waals surface area contributed by atoms with Gasteiger partial charge in [0.25, 0.3) is 11.5 Å². The third-order valence-electron chi connectivity index (χ3n) is 1.02. The van der Waals surface area contributed by atoms with Crippen LogP contribution in [0.3, 0.4) is 0 Å². The van der Waals surface area contributed by atoms with Crippen LogP contribution in [0.25, 0.3) is 0 Å². The quantitative estimate of drug-likeness (QED) is 0.583. The van der Waals surface area contributed by atoms with Gasteiger partial charge in [0, 0.05) is 12.1 Å². The minimum Gasteiger partial charge on any atom is -0.467 e. The van der Waals surface area contributed by atoms with Crippen LogP contribution < -0.4 is 16.0 Å². The molecule has 3 N–H and O–H groups in total. The van der Waals surface area contributed by atoms with Crippen molar-refractivity contribution < 1.29 is 9.53 Å². The molecule has 0 unspecified atom stereocenters. The molecule has 0 spiro atoms. The summed E-state index contributed by atoms with van der Waals surface area (Å²) in [6.07, 6.45) is 0. The number of aromatic nitrogens is 2. The normalized spacial score (nSPS) is 9.33. The van der Waals surface area contributed by atoms with Crippen LogP contribution in [0.4, 0.5) is 0 Å². The first-order valence-corrected chi connectivity index (χ1v) is 3.15. The Morgan fingerprint density at radius 1 is 1.67 bits per heavy atom. The molecule has 0 radical (unpaired) electrons. The second kappa shape index (κ2) is 3.51. The van der Waals surface area contributed by atoms with Crippen LogP contribution in [0.1, 0.15) is 0 Å². The summed E-state index contributed by atoms with van der Waals surface area (Å²) in [4.78, 5) is 20.7. The van der Waals surface area contributed by atoms with E-state index in [2.05, 4.69) is 10.2 Å². The molecule has 1 amide bonds. The molecule has 1 aromatic heterocycles. The van der Waals surface area contributed by atoms with Gasteiger partial charge in [0.15, 0.2) is 6.61 Å². The van der Waals surface area contributed by atoms with Crippen LogP contribution in [0, 0.1) is 0 Å². The smallest absolute Gasteiger partial charge is 0.264 e. The van der Waals surface area contributed by atoms with Crippen molar-refractivity contribution in [3.63, 3.8) is 0 Å². The maximum atomic E-state index is 10.5. The summed E-state index contributed by atoms with van der Waals surface area (Å²) in [5.41, 5.74) is 4.47. The van der Waals surface area contributed by atoms with Crippen molar-refractivity contribution in [3.8, 4) is 5.88 Å². The molecule has 0 atom stereocenters. The number of nitrogens with one attached hydrogen (secondary N) is 1. The molecule has 0 bridgehead atoms. The third kappa shape index (κ3) is 2.41. The van der Waals surface area contributed by atoms with Gasteiger partial charge in [0.2, 0.25) is 5.88 Å². The molecule has 1 aromatic rings. The molecule has 12 heavy (non-hydrogen) atoms. The maximum absolute atomic E-state index is 10.5. The lowest BCUT2D eigenvalue weighted by molar-refractivity contribution is -0.120. The largest absolute Gasteiger partial charge is 0.467 e. The van der Waals surface area contributed by atoms with Crippen LogP contribution in [0.5, 0.6) is 5.88 Å². The number of H-pyrrole nitrogens is 1. The van der Waals surface area contributed by atoms with Gasteiger partial charge in [-0.3, -0.25) is 9.59 Å². The number of aromatic amines is 1. The molecule has 0 fully saturated rings. The molecule has 0 aromatic carbocycles. The zero-order valence-corrected chi connectivity index (χ0v) is 6.11. The number of amides is 1. The van der Waals surface area contributed by atoms with Gasteiger partial charge in [0.05, 0.1) is 0 Å². The Labute approximate surface area is 67.3 Å². The average Bonchev–Trinajstić information content (AvgIpc) is 2.03. The fourth-order valence-corrected chi connectivity index (χ4v) is 0.557. The molecule has 0 saturated heterocycles. The highest BCUT2D eigenvalue weighted by molar-refractivity contribution is 5.75. The predicted octanol–water partition coefficient (Wildman–Crippen LogP) is -1.37. The van der Waals surface area contributed by atoms with E-state index < -0.39 is 5.91 Å². The van der Waals surface area contributed by atoms with Gasteiger partial charge in [-0.15, -0.1) is 5.10 Å². The van der Waals surface area contributed by atoms with Gasteiger partial charge >= 0.3 is 0 Å². The lowest BCUT2D eigenvalue weighted by Crippen LogP contribution is -2.21. The minimum absolute atomic E-state index is 0.161. The molecule has 0 saturated carbocycles. The molecule has 1 heterocycles. The molecular weight excluding hydrogens is 162 g/mol. The first-order chi connectivity index (χ1) is 5.68. The Kier molecular flexibility index (Phi) is 2.42. The Balaban J connectivity index is 2.59. The van der Waals surface area contributed by atoms with E-state index in [1.165, 1.54) is 12.1 Å². The Morgan fingerprint density at radius 2 is 2.42 bits per heavy atom. The second-order valence-electron chi connectivity index (χ2n) is 2.01. The van der Waals surface area contributed by atoms with E-state index in [-0.39, 0.29) is 18.0 Å². The van der Waals surface area contributed by atoms with Gasteiger partial charge in [0.1, 0.15) is 0 Å². The summed E-state index contributed by atoms with van der Waals surface area (Å²) in [7, 11) is 0. The van der Waals surface area contributed by atoms with Gasteiger partial charge in [-0.2, -0.15) is 0 Å². The maximum Gasteiger partial charge on any atom is 0.264 e. The molecule has 6 nitrogen and oxygen atoms in total. The summed E-state index contributed by atoms with van der Waals surface area (Å²) in [5.74, 6) is -0.434. The summed E-state index contributed by atoms with van der Waals surface area (Å²) >= 11 is 0. The number of primary amides is 1. The zero-order valence-electron chi connectivity index (χ0n) is 6.11. The SMILES string of the molecule is NC(=O)COc1ccc(=O)[nH]n1. The minimum atomic E-state index is -0.594. The van der Waals surface area contributed by atoms with Crippen molar-refractivity contribution in [1.82, 2.24) is 10.2 Å². The van der Waals surface area contributed by atoms with E-state index in [4.69, 9.17) is 10.5 Å². The lowest BCUT2D eigenvalue weighted by Gasteiger charge is -1.99. The average molecular weight is 169 g/mol. The van der Waals surface area contributed by atoms with E-state index in [1.807, 2.05) is 0 Å². The van der Waals surface area contributed by atoms with Crippen LogP contribution in [0.2, 0.25) is 0 Å². The van der Waals surface area contributed by atoms with Gasteiger partial charge < -0.3 is 10.5 Å². The van der Waals surface area contributed by atoms with E-state index in [0.29, 0.717) is 0 Å². The van der Waals surface area contributed by atoms with Crippen molar-refractivity contribution in [3.05, 3.63) is 22.5 Å². The fourth-order valence-electron chi connectivity index (χ4n) is 0.557. The lowest BCUT2D eigenvalue weighted by atomic mass is 10.5. The molecule has 6 heteroatoms. The number of rotatable bonds is 3. The highest BCUT2D eigenvalue weighted by Crippen LogP contribution is 1.97. The van der Waals surface area contributed by atoms with Gasteiger partial charge in [-0.05, 0) is 0 Å². The summed E-state index contributed by atoms with van der Waals surface area (Å²) in [6, 6.07) is 2.59. The highest BCUT2D eigenvalue weighted by atomic mass is 16.5. The van der Waals surface area contributed by atoms with Crippen molar-refractivity contribution in [2.45, 2.75) is 0 Å². The fraction of sp³-hybridized carbons (Fsp3) is 0.167. The molecular formula is C6H7N3O3. The van der Waals surface area contributed by atoms with Crippen molar-refractivity contribution in [2.24, 2.45) is 5.73 Å². The Hall–Kier alpha value is -1.85. The molecule has 64 valence electrons. The molecule has 0 aliphatic carbocycles. The van der Waals surface area contributed by atoms with Crippen molar-refractivity contribution in [2.75, 3.05) is 6.61 Å². The number of carbonyl (C=O) groups excluding carboxylic acids is 1. The monoisotopic (exact) mass is 169 g/mol. The van der Waals surface area contributed by atoms with E-state index in [1.54, 1.807) is 0 Å². The summed E-state index contributed by atoms with van der Waals surface area (Å²) < 4.78 is 4.77. The standard InChI is InChI=1S/C6H7N3O3/c7-4(10)3-12-6-2-1-5(11)8-9-6/h1-2H,3H2,(H2,7,10)(H,8,11). The van der Waals surface area contributed by atoms with Crippen LogP contribution in [-0.4, -0.2) is 22.7 Å². The van der Waals surface area contributed by atoms with Crippen molar-refractivity contribution in [1.29, 1.82) is 0 Å². The van der Waals surface area contributed by atoms with Crippen LogP contribution in [-0.2, 0) is 4.79 Å². The number of ether oxygens (including phenoxy) is 1. The predicted molar refractivity (Wildman–Crippen MR) is 39.5 cm³/mol. The van der Waals surface area contributed by atoms with Crippen molar-refractivity contribution >= 4 is 5.91 Å². The van der Waals surface area contributed by atoms with Gasteiger partial charge in [-0.25, -0.2) is 5.10 Å². The first kappa shape index (κ1) is 8.25. The van der Waals surface area contributed by atoms with Crippen LogP contribution in [0.15, 0.2) is 16.9 Å². The zero-order chi connectivity index (χ0) is 8.97. The number of hydrogen-bond donors (Lipinski definition) is 2. The number of nitrogens with two attached hydrogens (primary N) is 1. The number of hydrogen-bond acceptors (Lipinski definition) is 4. The molecule has 0 aliphatic heterocycles. The Morgan fingerprint density at radius 3 is 2.92 bits per heavy atom. The van der Waals surface area contributed by atoms with E-state index in [0.717, 1.165) is 0 Å². The highest BCUT2D eigenvalue weighted by Gasteiger charge is 1.97. The van der Waals surface area contributed by atoms with E-state index >= 15 is 0 Å². The number of carbonyl (C=O) groups is 1. The Bertz CT molecular complexity index is 313. The van der Waals surface area contributed by atoms with Gasteiger partial charge in [-0.1, -0.05) is 0 Å². The number of nitrogens with zero attached hydrogens (tertiary/aromatic N) is 1. The van der Waals surface area contributed by atoms with E-state index in [9.17, 15) is 9.59 Å². The van der Waals surface area contributed by atoms with Crippen LogP contribution >= 0.6 is 0 Å². The summed E-state index contributed by atoms with van der Waals surface area (Å²) in [5, 5.41) is 5.62. The third-order valence-corrected chi connectivity index (χ3v) is 1.02.